The van der Waals surface area contributed by atoms with E-state index in [0.717, 1.165) is 11.1 Å². The molecule has 0 radical (unpaired) electrons. The summed E-state index contributed by atoms with van der Waals surface area (Å²) in [5.74, 6) is 1.37. The van der Waals surface area contributed by atoms with Crippen molar-refractivity contribution in [2.45, 2.75) is 20.1 Å². The normalized spacial score (nSPS) is 9.95. The monoisotopic (exact) mass is 282 g/mol. The highest BCUT2D eigenvalue weighted by atomic mass is 16.5. The fourth-order valence-electron chi connectivity index (χ4n) is 1.96. The summed E-state index contributed by atoms with van der Waals surface area (Å²) >= 11 is 0. The smallest absolute Gasteiger partial charge is 0.161 e. The van der Waals surface area contributed by atoms with Gasteiger partial charge in [-0.05, 0) is 42.3 Å². The van der Waals surface area contributed by atoms with E-state index < -0.39 is 0 Å². The van der Waals surface area contributed by atoms with E-state index in [-0.39, 0.29) is 0 Å². The number of hydrogen-bond acceptors (Lipinski definition) is 4. The lowest BCUT2D eigenvalue weighted by molar-refractivity contribution is 0.269. The van der Waals surface area contributed by atoms with Gasteiger partial charge in [0.15, 0.2) is 11.5 Å². The zero-order chi connectivity index (χ0) is 15.1. The van der Waals surface area contributed by atoms with Gasteiger partial charge in [-0.15, -0.1) is 0 Å². The highest BCUT2D eigenvalue weighted by Gasteiger charge is 2.06. The van der Waals surface area contributed by atoms with E-state index in [0.29, 0.717) is 36.8 Å². The second-order valence-corrected chi connectivity index (χ2v) is 4.52. The number of benzene rings is 2. The Bertz CT molecular complexity index is 647. The Kier molecular flexibility index (Phi) is 5.19. The van der Waals surface area contributed by atoms with Crippen molar-refractivity contribution in [3.8, 4) is 17.6 Å². The van der Waals surface area contributed by atoms with E-state index in [1.807, 2.05) is 43.3 Å². The van der Waals surface area contributed by atoms with Crippen molar-refractivity contribution in [1.29, 1.82) is 5.26 Å². The molecule has 4 heteroatoms. The van der Waals surface area contributed by atoms with Crippen LogP contribution in [-0.4, -0.2) is 6.61 Å². The Balaban J connectivity index is 2.13. The number of ether oxygens (including phenoxy) is 2. The van der Waals surface area contributed by atoms with Crippen LogP contribution in [0.3, 0.4) is 0 Å². The maximum absolute atomic E-state index is 8.90. The van der Waals surface area contributed by atoms with Crippen LogP contribution in [0.5, 0.6) is 11.5 Å². The predicted molar refractivity (Wildman–Crippen MR) is 81.0 cm³/mol. The summed E-state index contributed by atoms with van der Waals surface area (Å²) in [6, 6.07) is 15.1. The fraction of sp³-hybridized carbons (Fsp3) is 0.235. The van der Waals surface area contributed by atoms with Gasteiger partial charge >= 0.3 is 0 Å². The molecule has 0 aliphatic heterocycles. The molecule has 2 aromatic rings. The minimum atomic E-state index is 0.386. The van der Waals surface area contributed by atoms with E-state index in [1.165, 1.54) is 0 Å². The van der Waals surface area contributed by atoms with Crippen LogP contribution in [0.4, 0.5) is 0 Å². The van der Waals surface area contributed by atoms with Gasteiger partial charge in [0.2, 0.25) is 0 Å². The zero-order valence-electron chi connectivity index (χ0n) is 12.0. The molecular weight excluding hydrogens is 264 g/mol. The summed E-state index contributed by atoms with van der Waals surface area (Å²) in [4.78, 5) is 0. The van der Waals surface area contributed by atoms with Gasteiger partial charge in [0.1, 0.15) is 6.61 Å². The first-order chi connectivity index (χ1) is 10.3. The van der Waals surface area contributed by atoms with Gasteiger partial charge < -0.3 is 15.2 Å². The molecule has 0 heterocycles. The number of nitrogens with zero attached hydrogens (tertiary/aromatic N) is 1. The number of rotatable bonds is 6. The van der Waals surface area contributed by atoms with Crippen LogP contribution in [0.2, 0.25) is 0 Å². The third-order valence-electron chi connectivity index (χ3n) is 2.99. The molecule has 0 amide bonds. The van der Waals surface area contributed by atoms with Gasteiger partial charge in [0, 0.05) is 6.54 Å². The van der Waals surface area contributed by atoms with Crippen molar-refractivity contribution in [3.05, 3.63) is 59.2 Å². The maximum atomic E-state index is 8.90. The van der Waals surface area contributed by atoms with Crippen LogP contribution < -0.4 is 15.2 Å². The quantitative estimate of drug-likeness (QED) is 0.884. The second-order valence-electron chi connectivity index (χ2n) is 4.52. The second kappa shape index (κ2) is 7.32. The van der Waals surface area contributed by atoms with Crippen LogP contribution in [0.15, 0.2) is 42.5 Å². The van der Waals surface area contributed by atoms with E-state index in [4.69, 9.17) is 20.5 Å². The Labute approximate surface area is 124 Å². The van der Waals surface area contributed by atoms with Crippen LogP contribution in [0.25, 0.3) is 0 Å². The summed E-state index contributed by atoms with van der Waals surface area (Å²) in [5, 5.41) is 8.90. The molecule has 21 heavy (non-hydrogen) atoms. The standard InChI is InChI=1S/C17H18N2O2/c1-2-20-17-9-14(11-19)6-7-16(17)21-12-15-5-3-4-13(8-15)10-18/h3-9H,2,11-12,19H2,1H3. The number of hydrogen-bond donors (Lipinski definition) is 1. The molecular formula is C17H18N2O2. The van der Waals surface area contributed by atoms with Gasteiger partial charge in [-0.2, -0.15) is 5.26 Å². The van der Waals surface area contributed by atoms with Crippen molar-refractivity contribution in [2.24, 2.45) is 5.73 Å². The number of nitriles is 1. The molecule has 2 rings (SSSR count). The van der Waals surface area contributed by atoms with Crippen LogP contribution in [0, 0.1) is 11.3 Å². The van der Waals surface area contributed by atoms with Crippen LogP contribution in [0.1, 0.15) is 23.6 Å². The maximum Gasteiger partial charge on any atom is 0.161 e. The third kappa shape index (κ3) is 3.98. The molecule has 0 aliphatic carbocycles. The highest BCUT2D eigenvalue weighted by Crippen LogP contribution is 2.29. The molecule has 0 aromatic heterocycles. The lowest BCUT2D eigenvalue weighted by atomic mass is 10.1. The largest absolute Gasteiger partial charge is 0.490 e. The molecule has 0 spiro atoms. The van der Waals surface area contributed by atoms with Crippen molar-refractivity contribution in [3.63, 3.8) is 0 Å². The molecule has 0 atom stereocenters. The summed E-state index contributed by atoms with van der Waals surface area (Å²) in [7, 11) is 0. The number of nitrogens with two attached hydrogens (primary N) is 1. The Morgan fingerprint density at radius 2 is 1.90 bits per heavy atom. The first-order valence-corrected chi connectivity index (χ1v) is 6.84. The Morgan fingerprint density at radius 1 is 1.05 bits per heavy atom. The average molecular weight is 282 g/mol. The fourth-order valence-corrected chi connectivity index (χ4v) is 1.96. The summed E-state index contributed by atoms with van der Waals surface area (Å²) in [5.41, 5.74) is 8.20. The molecule has 0 unspecified atom stereocenters. The van der Waals surface area contributed by atoms with E-state index in [9.17, 15) is 0 Å². The van der Waals surface area contributed by atoms with Crippen molar-refractivity contribution in [2.75, 3.05) is 6.61 Å². The Morgan fingerprint density at radius 3 is 2.62 bits per heavy atom. The highest BCUT2D eigenvalue weighted by molar-refractivity contribution is 5.43. The minimum absolute atomic E-state index is 0.386. The lowest BCUT2D eigenvalue weighted by Gasteiger charge is -2.13. The summed E-state index contributed by atoms with van der Waals surface area (Å²) < 4.78 is 11.4. The first-order valence-electron chi connectivity index (χ1n) is 6.84. The lowest BCUT2D eigenvalue weighted by Crippen LogP contribution is -2.02. The summed E-state index contributed by atoms with van der Waals surface area (Å²) in [6.45, 7) is 3.34. The molecule has 2 N–H and O–H groups in total. The molecule has 108 valence electrons. The molecule has 0 saturated carbocycles. The molecule has 0 fully saturated rings. The van der Waals surface area contributed by atoms with Gasteiger partial charge in [-0.1, -0.05) is 18.2 Å². The predicted octanol–water partition coefficient (Wildman–Crippen LogP) is 2.99. The van der Waals surface area contributed by atoms with Crippen LogP contribution in [-0.2, 0) is 13.2 Å². The van der Waals surface area contributed by atoms with E-state index in [2.05, 4.69) is 6.07 Å². The average Bonchev–Trinajstić information content (AvgIpc) is 2.54. The third-order valence-corrected chi connectivity index (χ3v) is 2.99. The van der Waals surface area contributed by atoms with Crippen molar-refractivity contribution >= 4 is 0 Å². The van der Waals surface area contributed by atoms with Crippen molar-refractivity contribution < 1.29 is 9.47 Å². The summed E-state index contributed by atoms with van der Waals surface area (Å²) in [6.07, 6.45) is 0. The zero-order valence-corrected chi connectivity index (χ0v) is 12.0. The molecule has 0 aliphatic rings. The topological polar surface area (TPSA) is 68.3 Å². The van der Waals surface area contributed by atoms with Gasteiger partial charge in [0.05, 0.1) is 18.2 Å². The van der Waals surface area contributed by atoms with E-state index in [1.54, 1.807) is 6.07 Å². The SMILES string of the molecule is CCOc1cc(CN)ccc1OCc1cccc(C#N)c1. The first kappa shape index (κ1) is 14.9. The molecule has 0 bridgehead atoms. The molecule has 4 nitrogen and oxygen atoms in total. The van der Waals surface area contributed by atoms with Crippen molar-refractivity contribution in [1.82, 2.24) is 0 Å². The van der Waals surface area contributed by atoms with Gasteiger partial charge in [-0.25, -0.2) is 0 Å². The van der Waals surface area contributed by atoms with Crippen LogP contribution >= 0.6 is 0 Å². The molecule has 2 aromatic carbocycles. The minimum Gasteiger partial charge on any atom is -0.490 e. The van der Waals surface area contributed by atoms with E-state index >= 15 is 0 Å². The van der Waals surface area contributed by atoms with Gasteiger partial charge in [0.25, 0.3) is 0 Å². The molecule has 0 saturated heterocycles. The van der Waals surface area contributed by atoms with Gasteiger partial charge in [-0.3, -0.25) is 0 Å². The Hall–Kier alpha value is -2.51.